The number of piperidine rings is 2. The Morgan fingerprint density at radius 2 is 1.11 bits per heavy atom. The van der Waals surface area contributed by atoms with E-state index >= 15 is 4.39 Å². The molecule has 2 bridgehead atoms. The van der Waals surface area contributed by atoms with Gasteiger partial charge in [0.05, 0.1) is 16.8 Å². The van der Waals surface area contributed by atoms with E-state index in [0.29, 0.717) is 18.5 Å². The predicted octanol–water partition coefficient (Wildman–Crippen LogP) is 9.11. The molecule has 0 radical (unpaired) electrons. The summed E-state index contributed by atoms with van der Waals surface area (Å²) in [4.78, 5) is 40.0. The molecule has 17 heteroatoms. The molecule has 4 aromatic rings. The molecule has 2 aromatic carbocycles. The van der Waals surface area contributed by atoms with E-state index in [4.69, 9.17) is 0 Å². The molecule has 286 valence electrons. The lowest BCUT2D eigenvalue weighted by Crippen LogP contribution is -2.52. The number of aromatic nitrogens is 3. The van der Waals surface area contributed by atoms with E-state index in [1.165, 1.54) is 41.6 Å². The van der Waals surface area contributed by atoms with Gasteiger partial charge in [-0.15, -0.1) is 0 Å². The molecular formula is C37H35F8N7O2. The summed E-state index contributed by atoms with van der Waals surface area (Å²) < 4.78 is 106. The lowest BCUT2D eigenvalue weighted by atomic mass is 9.85. The Labute approximate surface area is 304 Å². The van der Waals surface area contributed by atoms with Crippen LogP contribution in [0.3, 0.4) is 0 Å². The second kappa shape index (κ2) is 15.2. The fourth-order valence-corrected chi connectivity index (χ4v) is 7.05. The Morgan fingerprint density at radius 3 is 1.57 bits per heavy atom. The van der Waals surface area contributed by atoms with Crippen molar-refractivity contribution in [3.63, 3.8) is 0 Å². The van der Waals surface area contributed by atoms with Gasteiger partial charge >= 0.3 is 24.4 Å². The van der Waals surface area contributed by atoms with Gasteiger partial charge in [-0.1, -0.05) is 6.07 Å². The van der Waals surface area contributed by atoms with Crippen LogP contribution in [0.4, 0.5) is 56.1 Å². The monoisotopic (exact) mass is 761 g/mol. The summed E-state index contributed by atoms with van der Waals surface area (Å²) in [5.74, 6) is 0.0998. The molecule has 0 spiro atoms. The highest BCUT2D eigenvalue weighted by Crippen LogP contribution is 2.48. The summed E-state index contributed by atoms with van der Waals surface area (Å²) in [6, 6.07) is 13.8. The normalized spacial score (nSPS) is 22.1. The Bertz CT molecular complexity index is 1870. The van der Waals surface area contributed by atoms with Crippen LogP contribution in [0.15, 0.2) is 91.4 Å². The Hall–Kier alpha value is -5.35. The number of alkyl halides is 8. The zero-order valence-corrected chi connectivity index (χ0v) is 28.5. The standard InChI is InChI=1S/C20H19F4N3O.C17H16F4N4O/c21-19(17-3-1-2-10-25-17)11-15-8-9-16(12-19)27(15)18(28)26-14-6-4-13(5-7-14)20(22,23)24;18-16(14-22-8-1-9-23-14)6-10-25(11-7-16)15(26)24-13-4-2-12(3-5-13)17(19,20)21/h1-7,10,15-16H,8-9,11-12H2,(H,26,28);1-5,8-9H,6-7,10-11H2,(H,24,26). The van der Waals surface area contributed by atoms with Crippen molar-refractivity contribution in [1.29, 1.82) is 0 Å². The molecule has 2 atom stereocenters. The summed E-state index contributed by atoms with van der Waals surface area (Å²) in [5.41, 5.74) is -3.93. The molecule has 0 aliphatic carbocycles. The molecule has 3 fully saturated rings. The summed E-state index contributed by atoms with van der Waals surface area (Å²) in [5, 5.41) is 5.16. The summed E-state index contributed by atoms with van der Waals surface area (Å²) in [6.45, 7) is 0.308. The minimum Gasteiger partial charge on any atom is -0.324 e. The topological polar surface area (TPSA) is 103 Å². The van der Waals surface area contributed by atoms with Crippen LogP contribution in [-0.4, -0.2) is 62.0 Å². The van der Waals surface area contributed by atoms with E-state index in [-0.39, 0.29) is 68.1 Å². The van der Waals surface area contributed by atoms with Crippen LogP contribution in [0.1, 0.15) is 61.2 Å². The molecule has 9 nitrogen and oxygen atoms in total. The maximum absolute atomic E-state index is 15.5. The number of urea groups is 2. The fraction of sp³-hybridized carbons (Fsp3) is 0.378. The van der Waals surface area contributed by atoms with Crippen molar-refractivity contribution < 1.29 is 44.7 Å². The highest BCUT2D eigenvalue weighted by Gasteiger charge is 2.52. The second-order valence-electron chi connectivity index (χ2n) is 13.4. The molecule has 7 rings (SSSR count). The quantitative estimate of drug-likeness (QED) is 0.202. The number of carbonyl (C=O) groups excluding carboxylic acids is 2. The van der Waals surface area contributed by atoms with Gasteiger partial charge in [-0.2, -0.15) is 26.3 Å². The van der Waals surface area contributed by atoms with E-state index in [1.807, 2.05) is 0 Å². The van der Waals surface area contributed by atoms with Crippen LogP contribution < -0.4 is 10.6 Å². The van der Waals surface area contributed by atoms with Gasteiger partial charge in [0, 0.05) is 80.8 Å². The first kappa shape index (κ1) is 38.4. The third-order valence-electron chi connectivity index (χ3n) is 9.83. The van der Waals surface area contributed by atoms with Crippen LogP contribution in [0, 0.1) is 0 Å². The fourth-order valence-electron chi connectivity index (χ4n) is 7.05. The van der Waals surface area contributed by atoms with Crippen LogP contribution in [0.25, 0.3) is 0 Å². The van der Waals surface area contributed by atoms with Gasteiger partial charge in [0.15, 0.2) is 17.2 Å². The molecule has 3 aliphatic rings. The molecule has 54 heavy (non-hydrogen) atoms. The minimum absolute atomic E-state index is 0.0530. The molecule has 0 saturated carbocycles. The Kier molecular flexibility index (Phi) is 10.8. The third kappa shape index (κ3) is 8.71. The number of benzene rings is 2. The SMILES string of the molecule is O=C(Nc1ccc(C(F)(F)F)cc1)N1C2CCC1CC(F)(c1ccccn1)C2.O=C(Nc1ccc(C(F)(F)F)cc1)N1CCC(F)(c2ncccn2)CC1. The number of pyridine rings is 1. The average molecular weight is 762 g/mol. The van der Waals surface area contributed by atoms with Gasteiger partial charge in [-0.25, -0.2) is 28.3 Å². The van der Waals surface area contributed by atoms with Gasteiger partial charge in [0.1, 0.15) is 0 Å². The second-order valence-corrected chi connectivity index (χ2v) is 13.4. The van der Waals surface area contributed by atoms with E-state index in [1.54, 1.807) is 35.4 Å². The molecular weight excluding hydrogens is 726 g/mol. The number of rotatable bonds is 4. The van der Waals surface area contributed by atoms with Crippen LogP contribution >= 0.6 is 0 Å². The van der Waals surface area contributed by atoms with Gasteiger partial charge < -0.3 is 20.4 Å². The maximum atomic E-state index is 15.5. The molecule has 5 heterocycles. The molecule has 2 unspecified atom stereocenters. The number of nitrogens with one attached hydrogen (secondary N) is 2. The van der Waals surface area contributed by atoms with Crippen LogP contribution in [-0.2, 0) is 23.7 Å². The van der Waals surface area contributed by atoms with Crippen LogP contribution in [0.2, 0.25) is 0 Å². The number of amides is 4. The number of anilines is 2. The average Bonchev–Trinajstić information content (AvgIpc) is 3.44. The van der Waals surface area contributed by atoms with E-state index in [2.05, 4.69) is 25.6 Å². The van der Waals surface area contributed by atoms with Crippen LogP contribution in [0.5, 0.6) is 0 Å². The number of likely N-dealkylation sites (tertiary alicyclic amines) is 1. The number of carbonyl (C=O) groups is 2. The number of nitrogens with zero attached hydrogens (tertiary/aromatic N) is 5. The lowest BCUT2D eigenvalue weighted by molar-refractivity contribution is -0.138. The van der Waals surface area contributed by atoms with Crippen molar-refractivity contribution in [2.75, 3.05) is 23.7 Å². The minimum atomic E-state index is -4.43. The predicted molar refractivity (Wildman–Crippen MR) is 181 cm³/mol. The highest BCUT2D eigenvalue weighted by atomic mass is 19.4. The van der Waals surface area contributed by atoms with Gasteiger partial charge in [-0.3, -0.25) is 4.98 Å². The summed E-state index contributed by atoms with van der Waals surface area (Å²) in [7, 11) is 0. The highest BCUT2D eigenvalue weighted by molar-refractivity contribution is 5.90. The first-order chi connectivity index (χ1) is 25.5. The van der Waals surface area contributed by atoms with Crippen molar-refractivity contribution >= 4 is 23.4 Å². The van der Waals surface area contributed by atoms with Gasteiger partial charge in [-0.05, 0) is 79.6 Å². The zero-order chi connectivity index (χ0) is 38.7. The molecule has 2 N–H and O–H groups in total. The largest absolute Gasteiger partial charge is 0.416 e. The van der Waals surface area contributed by atoms with Crippen molar-refractivity contribution in [2.45, 2.75) is 74.3 Å². The number of halogens is 8. The zero-order valence-electron chi connectivity index (χ0n) is 28.5. The van der Waals surface area contributed by atoms with Gasteiger partial charge in [0.2, 0.25) is 0 Å². The Balaban J connectivity index is 0.000000185. The molecule has 3 aliphatic heterocycles. The molecule has 2 aromatic heterocycles. The number of fused-ring (bicyclic) bond motifs is 2. The van der Waals surface area contributed by atoms with Crippen molar-refractivity contribution in [2.24, 2.45) is 0 Å². The number of hydrogen-bond donors (Lipinski definition) is 2. The third-order valence-corrected chi connectivity index (χ3v) is 9.83. The molecule has 3 saturated heterocycles. The van der Waals surface area contributed by atoms with E-state index in [9.17, 15) is 40.3 Å². The maximum Gasteiger partial charge on any atom is 0.416 e. The molecule has 4 amide bonds. The van der Waals surface area contributed by atoms with E-state index in [0.717, 1.165) is 24.3 Å². The first-order valence-electron chi connectivity index (χ1n) is 17.1. The van der Waals surface area contributed by atoms with E-state index < -0.39 is 46.9 Å². The Morgan fingerprint density at radius 1 is 0.630 bits per heavy atom. The number of hydrogen-bond acceptors (Lipinski definition) is 5. The smallest absolute Gasteiger partial charge is 0.324 e. The first-order valence-corrected chi connectivity index (χ1v) is 17.1. The van der Waals surface area contributed by atoms with Crippen molar-refractivity contribution in [3.05, 3.63) is 114 Å². The summed E-state index contributed by atoms with van der Waals surface area (Å²) >= 11 is 0. The van der Waals surface area contributed by atoms with Crippen molar-refractivity contribution in [1.82, 2.24) is 24.8 Å². The van der Waals surface area contributed by atoms with Crippen molar-refractivity contribution in [3.8, 4) is 0 Å². The summed E-state index contributed by atoms with van der Waals surface area (Å²) in [6.07, 6.45) is -2.53. The lowest BCUT2D eigenvalue weighted by Gasteiger charge is -2.42. The van der Waals surface area contributed by atoms with Gasteiger partial charge in [0.25, 0.3) is 0 Å².